The molecule has 4 rings (SSSR count). The van der Waals surface area contributed by atoms with Gasteiger partial charge >= 0.3 is 0 Å². The van der Waals surface area contributed by atoms with Crippen molar-refractivity contribution in [1.29, 1.82) is 0 Å². The number of fused-ring (bicyclic) bond motifs is 1. The Morgan fingerprint density at radius 2 is 1.90 bits per heavy atom. The summed E-state index contributed by atoms with van der Waals surface area (Å²) in [6.45, 7) is 6.80. The van der Waals surface area contributed by atoms with Crippen LogP contribution in [0, 0.1) is 0 Å². The molecule has 1 fully saturated rings. The van der Waals surface area contributed by atoms with Gasteiger partial charge in [-0.1, -0.05) is 38.1 Å². The van der Waals surface area contributed by atoms with Crippen LogP contribution in [0.15, 0.2) is 48.7 Å². The number of amides is 1. The van der Waals surface area contributed by atoms with E-state index in [9.17, 15) is 4.79 Å². The van der Waals surface area contributed by atoms with E-state index in [4.69, 9.17) is 4.98 Å². The van der Waals surface area contributed by atoms with Gasteiger partial charge < -0.3 is 10.2 Å². The number of para-hydroxylation sites is 1. The summed E-state index contributed by atoms with van der Waals surface area (Å²) >= 11 is 0. The Bertz CT molecular complexity index is 991. The van der Waals surface area contributed by atoms with Gasteiger partial charge in [-0.15, -0.1) is 0 Å². The van der Waals surface area contributed by atoms with Crippen molar-refractivity contribution < 1.29 is 4.79 Å². The third-order valence-corrected chi connectivity index (χ3v) is 5.51. The van der Waals surface area contributed by atoms with Crippen LogP contribution >= 0.6 is 0 Å². The molecule has 0 saturated carbocycles. The minimum atomic E-state index is -0.0781. The first-order chi connectivity index (χ1) is 14.1. The Morgan fingerprint density at radius 3 is 2.62 bits per heavy atom. The van der Waals surface area contributed by atoms with E-state index in [0.717, 1.165) is 41.1 Å². The highest BCUT2D eigenvalue weighted by molar-refractivity contribution is 6.06. The van der Waals surface area contributed by atoms with Crippen molar-refractivity contribution in [2.24, 2.45) is 0 Å². The highest BCUT2D eigenvalue weighted by Gasteiger charge is 2.15. The lowest BCUT2D eigenvalue weighted by molar-refractivity contribution is 0.0952. The molecular weight excluding hydrogens is 360 g/mol. The van der Waals surface area contributed by atoms with E-state index in [1.54, 1.807) is 0 Å². The van der Waals surface area contributed by atoms with Crippen LogP contribution in [-0.4, -0.2) is 29.0 Å². The van der Waals surface area contributed by atoms with Crippen molar-refractivity contribution in [3.05, 3.63) is 65.5 Å². The maximum Gasteiger partial charge on any atom is 0.252 e. The molecule has 5 nitrogen and oxygen atoms in total. The second kappa shape index (κ2) is 8.60. The predicted octanol–water partition coefficient (Wildman–Crippen LogP) is 4.67. The fourth-order valence-electron chi connectivity index (χ4n) is 3.79. The molecule has 1 aliphatic rings. The number of hydrogen-bond acceptors (Lipinski definition) is 4. The first-order valence-electron chi connectivity index (χ1n) is 10.5. The number of carbonyl (C=O) groups excluding carboxylic acids is 1. The fraction of sp³-hybridized carbons (Fsp3) is 0.375. The van der Waals surface area contributed by atoms with Crippen LogP contribution in [0.5, 0.6) is 0 Å². The Morgan fingerprint density at radius 1 is 1.10 bits per heavy atom. The van der Waals surface area contributed by atoms with Crippen LogP contribution in [-0.2, 0) is 6.54 Å². The van der Waals surface area contributed by atoms with Gasteiger partial charge in [0, 0.05) is 36.9 Å². The lowest BCUT2D eigenvalue weighted by atomic mass is 10.0. The van der Waals surface area contributed by atoms with E-state index in [2.05, 4.69) is 41.2 Å². The number of hydrogen-bond donors (Lipinski definition) is 1. The van der Waals surface area contributed by atoms with Gasteiger partial charge in [-0.05, 0) is 48.9 Å². The Hall–Kier alpha value is -2.95. The molecule has 1 N–H and O–H groups in total. The molecule has 29 heavy (non-hydrogen) atoms. The number of benzene rings is 1. The number of anilines is 1. The summed E-state index contributed by atoms with van der Waals surface area (Å²) in [6.07, 6.45) is 5.65. The average Bonchev–Trinajstić information content (AvgIpc) is 2.77. The van der Waals surface area contributed by atoms with Crippen LogP contribution < -0.4 is 10.2 Å². The molecule has 1 amide bonds. The number of aromatic nitrogens is 2. The maximum absolute atomic E-state index is 13.0. The summed E-state index contributed by atoms with van der Waals surface area (Å²) in [6, 6.07) is 13.8. The van der Waals surface area contributed by atoms with Crippen molar-refractivity contribution in [2.45, 2.75) is 45.6 Å². The molecule has 3 aromatic rings. The highest BCUT2D eigenvalue weighted by atomic mass is 16.1. The van der Waals surface area contributed by atoms with Crippen LogP contribution in [0.3, 0.4) is 0 Å². The van der Waals surface area contributed by atoms with Crippen molar-refractivity contribution >= 4 is 22.6 Å². The molecule has 5 heteroatoms. The summed E-state index contributed by atoms with van der Waals surface area (Å²) in [5.41, 5.74) is 3.47. The molecule has 1 saturated heterocycles. The molecule has 1 aromatic carbocycles. The topological polar surface area (TPSA) is 58.1 Å². The summed E-state index contributed by atoms with van der Waals surface area (Å²) < 4.78 is 0. The Balaban J connectivity index is 1.48. The fourth-order valence-corrected chi connectivity index (χ4v) is 3.79. The maximum atomic E-state index is 13.0. The average molecular weight is 389 g/mol. The molecule has 3 heterocycles. The zero-order valence-corrected chi connectivity index (χ0v) is 17.2. The van der Waals surface area contributed by atoms with E-state index < -0.39 is 0 Å². The number of rotatable bonds is 5. The highest BCUT2D eigenvalue weighted by Crippen LogP contribution is 2.23. The van der Waals surface area contributed by atoms with Crippen molar-refractivity contribution in [3.8, 4) is 0 Å². The molecule has 150 valence electrons. The Kier molecular flexibility index (Phi) is 5.74. The second-order valence-corrected chi connectivity index (χ2v) is 8.02. The van der Waals surface area contributed by atoms with Crippen LogP contribution in [0.4, 0.5) is 5.82 Å². The van der Waals surface area contributed by atoms with Gasteiger partial charge in [0.15, 0.2) is 0 Å². The number of nitrogens with one attached hydrogen (secondary N) is 1. The van der Waals surface area contributed by atoms with Crippen LogP contribution in [0.1, 0.15) is 60.6 Å². The number of nitrogens with zero attached hydrogens (tertiary/aromatic N) is 3. The quantitative estimate of drug-likeness (QED) is 0.690. The van der Waals surface area contributed by atoms with Gasteiger partial charge in [0.2, 0.25) is 0 Å². The van der Waals surface area contributed by atoms with E-state index in [1.807, 2.05) is 36.5 Å². The predicted molar refractivity (Wildman–Crippen MR) is 117 cm³/mol. The van der Waals surface area contributed by atoms with Crippen LogP contribution in [0.2, 0.25) is 0 Å². The molecule has 1 aliphatic heterocycles. The molecule has 0 radical (unpaired) electrons. The molecule has 0 spiro atoms. The van der Waals surface area contributed by atoms with Gasteiger partial charge in [-0.25, -0.2) is 4.98 Å². The standard InChI is InChI=1S/C24H28N4O/c1-17(2)22-14-20(19-8-4-5-9-21(19)27-22)24(29)26-16-18-10-11-23(25-15-18)28-12-6-3-7-13-28/h4-5,8-11,14-15,17H,3,6-7,12-13,16H2,1-2H3,(H,26,29). The summed E-state index contributed by atoms with van der Waals surface area (Å²) in [5, 5.41) is 3.93. The lowest BCUT2D eigenvalue weighted by Gasteiger charge is -2.27. The molecule has 0 atom stereocenters. The smallest absolute Gasteiger partial charge is 0.252 e. The monoisotopic (exact) mass is 388 g/mol. The summed E-state index contributed by atoms with van der Waals surface area (Å²) in [7, 11) is 0. The van der Waals surface area contributed by atoms with Gasteiger partial charge in [-0.3, -0.25) is 9.78 Å². The van der Waals surface area contributed by atoms with E-state index >= 15 is 0 Å². The normalized spacial score (nSPS) is 14.4. The molecule has 0 unspecified atom stereocenters. The largest absolute Gasteiger partial charge is 0.357 e. The molecular formula is C24H28N4O. The lowest BCUT2D eigenvalue weighted by Crippen LogP contribution is -2.30. The van der Waals surface area contributed by atoms with Gasteiger partial charge in [-0.2, -0.15) is 0 Å². The third-order valence-electron chi connectivity index (χ3n) is 5.51. The summed E-state index contributed by atoms with van der Waals surface area (Å²) in [5.74, 6) is 1.21. The SMILES string of the molecule is CC(C)c1cc(C(=O)NCc2ccc(N3CCCCC3)nc2)c2ccccc2n1. The number of pyridine rings is 2. The van der Waals surface area contributed by atoms with Gasteiger partial charge in [0.1, 0.15) is 5.82 Å². The summed E-state index contributed by atoms with van der Waals surface area (Å²) in [4.78, 5) is 24.6. The first kappa shape index (κ1) is 19.4. The van der Waals surface area contributed by atoms with Crippen molar-refractivity contribution in [3.63, 3.8) is 0 Å². The third kappa shape index (κ3) is 4.39. The zero-order chi connectivity index (χ0) is 20.2. The Labute approximate surface area is 172 Å². The number of piperidine rings is 1. The molecule has 0 aliphatic carbocycles. The first-order valence-corrected chi connectivity index (χ1v) is 10.5. The van der Waals surface area contributed by atoms with E-state index in [1.165, 1.54) is 19.3 Å². The van der Waals surface area contributed by atoms with E-state index in [-0.39, 0.29) is 11.8 Å². The second-order valence-electron chi connectivity index (χ2n) is 8.02. The van der Waals surface area contributed by atoms with Crippen molar-refractivity contribution in [2.75, 3.05) is 18.0 Å². The van der Waals surface area contributed by atoms with Crippen LogP contribution in [0.25, 0.3) is 10.9 Å². The molecule has 2 aromatic heterocycles. The van der Waals surface area contributed by atoms with E-state index in [0.29, 0.717) is 12.1 Å². The minimum absolute atomic E-state index is 0.0781. The van der Waals surface area contributed by atoms with Crippen molar-refractivity contribution in [1.82, 2.24) is 15.3 Å². The number of carbonyl (C=O) groups is 1. The van der Waals surface area contributed by atoms with Gasteiger partial charge in [0.05, 0.1) is 11.1 Å². The minimum Gasteiger partial charge on any atom is -0.357 e. The zero-order valence-electron chi connectivity index (χ0n) is 17.2. The van der Waals surface area contributed by atoms with Gasteiger partial charge in [0.25, 0.3) is 5.91 Å². The molecule has 0 bridgehead atoms.